The summed E-state index contributed by atoms with van der Waals surface area (Å²) in [5.74, 6) is 0.640. The van der Waals surface area contributed by atoms with Crippen LogP contribution in [0.4, 0.5) is 0 Å². The lowest BCUT2D eigenvalue weighted by Crippen LogP contribution is -2.22. The molecular formula is C9H10N4O. The number of imidazole rings is 1. The van der Waals surface area contributed by atoms with Gasteiger partial charge < -0.3 is 4.57 Å². The van der Waals surface area contributed by atoms with Crippen molar-refractivity contribution >= 4 is 0 Å². The number of nitrogens with zero attached hydrogens (tertiary/aromatic N) is 4. The first-order valence-corrected chi connectivity index (χ1v) is 4.25. The molecule has 0 amide bonds. The summed E-state index contributed by atoms with van der Waals surface area (Å²) in [6.07, 6.45) is 6.76. The van der Waals surface area contributed by atoms with E-state index in [2.05, 4.69) is 9.97 Å². The molecule has 5 nitrogen and oxygen atoms in total. The number of hydrogen-bond acceptors (Lipinski definition) is 3. The Morgan fingerprint density at radius 3 is 2.57 bits per heavy atom. The average molecular weight is 190 g/mol. The highest BCUT2D eigenvalue weighted by Crippen LogP contribution is 1.91. The molecule has 0 aromatic carbocycles. The molecule has 0 spiro atoms. The fraction of sp³-hybridized carbons (Fsp3) is 0.222. The van der Waals surface area contributed by atoms with Gasteiger partial charge in [-0.15, -0.1) is 0 Å². The quantitative estimate of drug-likeness (QED) is 0.671. The Balaban J connectivity index is 2.28. The maximum atomic E-state index is 11.4. The Morgan fingerprint density at radius 1 is 1.29 bits per heavy atom. The largest absolute Gasteiger partial charge is 0.328 e. The van der Waals surface area contributed by atoms with Crippen molar-refractivity contribution in [2.24, 2.45) is 7.05 Å². The van der Waals surface area contributed by atoms with Crippen molar-refractivity contribution in [1.82, 2.24) is 19.1 Å². The fourth-order valence-electron chi connectivity index (χ4n) is 1.19. The zero-order valence-electron chi connectivity index (χ0n) is 7.79. The van der Waals surface area contributed by atoms with Gasteiger partial charge in [-0.25, -0.2) is 14.8 Å². The minimum absolute atomic E-state index is 0.0579. The van der Waals surface area contributed by atoms with Crippen LogP contribution in [0.25, 0.3) is 0 Å². The molecule has 72 valence electrons. The van der Waals surface area contributed by atoms with E-state index in [-0.39, 0.29) is 5.69 Å². The maximum absolute atomic E-state index is 11.4. The first-order valence-electron chi connectivity index (χ1n) is 4.25. The molecule has 5 heteroatoms. The minimum atomic E-state index is -0.0579. The van der Waals surface area contributed by atoms with E-state index in [9.17, 15) is 4.79 Å². The third-order valence-corrected chi connectivity index (χ3v) is 1.95. The van der Waals surface area contributed by atoms with Crippen molar-refractivity contribution < 1.29 is 0 Å². The summed E-state index contributed by atoms with van der Waals surface area (Å²) < 4.78 is 3.08. The molecule has 2 heterocycles. The van der Waals surface area contributed by atoms with Crippen LogP contribution in [0.15, 0.2) is 35.6 Å². The number of aromatic nitrogens is 4. The highest BCUT2D eigenvalue weighted by molar-refractivity contribution is 4.91. The van der Waals surface area contributed by atoms with Gasteiger partial charge in [0.25, 0.3) is 0 Å². The normalized spacial score (nSPS) is 10.4. The zero-order chi connectivity index (χ0) is 9.97. The lowest BCUT2D eigenvalue weighted by atomic mass is 10.5. The molecule has 14 heavy (non-hydrogen) atoms. The van der Waals surface area contributed by atoms with E-state index in [4.69, 9.17) is 0 Å². The molecule has 2 aromatic rings. The number of hydrogen-bond donors (Lipinski definition) is 0. The third kappa shape index (κ3) is 1.56. The maximum Gasteiger partial charge on any atom is 0.328 e. The van der Waals surface area contributed by atoms with E-state index >= 15 is 0 Å². The highest BCUT2D eigenvalue weighted by Gasteiger charge is 2.01. The van der Waals surface area contributed by atoms with Crippen LogP contribution in [0.2, 0.25) is 0 Å². The van der Waals surface area contributed by atoms with Gasteiger partial charge in [-0.05, 0) is 6.07 Å². The van der Waals surface area contributed by atoms with E-state index in [1.165, 1.54) is 4.57 Å². The Bertz CT molecular complexity index is 471. The van der Waals surface area contributed by atoms with Crippen LogP contribution in [0.3, 0.4) is 0 Å². The molecule has 0 unspecified atom stereocenters. The molecular weight excluding hydrogens is 180 g/mol. The predicted molar refractivity (Wildman–Crippen MR) is 50.8 cm³/mol. The van der Waals surface area contributed by atoms with Crippen molar-refractivity contribution in [3.63, 3.8) is 0 Å². The van der Waals surface area contributed by atoms with E-state index in [1.54, 1.807) is 42.5 Å². The van der Waals surface area contributed by atoms with Crippen LogP contribution in [0.5, 0.6) is 0 Å². The standard InChI is InChI=1S/C9H10N4O/c1-12-5-6-13(9(12)14)7-8-10-3-2-4-11-8/h2-6H,7H2,1H3. The van der Waals surface area contributed by atoms with E-state index in [1.807, 2.05) is 0 Å². The smallest absolute Gasteiger partial charge is 0.302 e. The predicted octanol–water partition coefficient (Wildman–Crippen LogP) is 0.0251. The van der Waals surface area contributed by atoms with Gasteiger partial charge in [0.15, 0.2) is 0 Å². The Kier molecular flexibility index (Phi) is 2.14. The van der Waals surface area contributed by atoms with Crippen LogP contribution in [0.1, 0.15) is 5.82 Å². The van der Waals surface area contributed by atoms with Gasteiger partial charge in [0.05, 0.1) is 6.54 Å². The highest BCUT2D eigenvalue weighted by atomic mass is 16.1. The van der Waals surface area contributed by atoms with E-state index < -0.39 is 0 Å². The summed E-state index contributed by atoms with van der Waals surface area (Å²) in [6, 6.07) is 1.75. The Labute approximate surface area is 80.7 Å². The minimum Gasteiger partial charge on any atom is -0.302 e. The van der Waals surface area contributed by atoms with Crippen LogP contribution >= 0.6 is 0 Å². The second-order valence-corrected chi connectivity index (χ2v) is 2.98. The van der Waals surface area contributed by atoms with Crippen LogP contribution < -0.4 is 5.69 Å². The topological polar surface area (TPSA) is 52.7 Å². The van der Waals surface area contributed by atoms with E-state index in [0.717, 1.165) is 0 Å². The monoisotopic (exact) mass is 190 g/mol. The molecule has 0 aliphatic rings. The molecule has 0 radical (unpaired) electrons. The summed E-state index contributed by atoms with van der Waals surface area (Å²) in [4.78, 5) is 19.5. The van der Waals surface area contributed by atoms with Crippen molar-refractivity contribution in [3.8, 4) is 0 Å². The lowest BCUT2D eigenvalue weighted by molar-refractivity contribution is 0.687. The SMILES string of the molecule is Cn1ccn(Cc2ncccn2)c1=O. The van der Waals surface area contributed by atoms with Gasteiger partial charge >= 0.3 is 5.69 Å². The Morgan fingerprint density at radius 2 is 2.00 bits per heavy atom. The van der Waals surface area contributed by atoms with Crippen molar-refractivity contribution in [2.75, 3.05) is 0 Å². The van der Waals surface area contributed by atoms with Gasteiger partial charge in [0, 0.05) is 31.8 Å². The molecule has 0 aliphatic heterocycles. The summed E-state index contributed by atoms with van der Waals surface area (Å²) >= 11 is 0. The van der Waals surface area contributed by atoms with Crippen molar-refractivity contribution in [1.29, 1.82) is 0 Å². The average Bonchev–Trinajstić information content (AvgIpc) is 2.52. The number of rotatable bonds is 2. The summed E-state index contributed by atoms with van der Waals surface area (Å²) in [7, 11) is 1.71. The van der Waals surface area contributed by atoms with Crippen LogP contribution in [-0.2, 0) is 13.6 Å². The Hall–Kier alpha value is -1.91. The molecule has 0 N–H and O–H groups in total. The number of aryl methyl sites for hydroxylation is 1. The second-order valence-electron chi connectivity index (χ2n) is 2.98. The van der Waals surface area contributed by atoms with Gasteiger partial charge in [0.1, 0.15) is 5.82 Å². The van der Waals surface area contributed by atoms with Crippen molar-refractivity contribution in [2.45, 2.75) is 6.54 Å². The summed E-state index contributed by atoms with van der Waals surface area (Å²) in [5, 5.41) is 0. The fourth-order valence-corrected chi connectivity index (χ4v) is 1.19. The zero-order valence-corrected chi connectivity index (χ0v) is 7.79. The molecule has 2 rings (SSSR count). The van der Waals surface area contributed by atoms with Crippen LogP contribution in [0, 0.1) is 0 Å². The molecule has 0 bridgehead atoms. The summed E-state index contributed by atoms with van der Waals surface area (Å²) in [5.41, 5.74) is -0.0579. The summed E-state index contributed by atoms with van der Waals surface area (Å²) in [6.45, 7) is 0.417. The van der Waals surface area contributed by atoms with E-state index in [0.29, 0.717) is 12.4 Å². The first-order chi connectivity index (χ1) is 6.77. The van der Waals surface area contributed by atoms with Gasteiger partial charge in [-0.1, -0.05) is 0 Å². The lowest BCUT2D eigenvalue weighted by Gasteiger charge is -1.98. The molecule has 0 saturated heterocycles. The molecule has 0 saturated carbocycles. The molecule has 2 aromatic heterocycles. The van der Waals surface area contributed by atoms with Gasteiger partial charge in [-0.3, -0.25) is 4.57 Å². The van der Waals surface area contributed by atoms with Crippen LogP contribution in [-0.4, -0.2) is 19.1 Å². The van der Waals surface area contributed by atoms with Gasteiger partial charge in [-0.2, -0.15) is 0 Å². The second kappa shape index (κ2) is 3.45. The first kappa shape index (κ1) is 8.68. The molecule has 0 atom stereocenters. The van der Waals surface area contributed by atoms with Crippen molar-refractivity contribution in [3.05, 3.63) is 47.2 Å². The van der Waals surface area contributed by atoms with Gasteiger partial charge in [0.2, 0.25) is 0 Å². The third-order valence-electron chi connectivity index (χ3n) is 1.95. The molecule has 0 fully saturated rings. The molecule has 0 aliphatic carbocycles.